The van der Waals surface area contributed by atoms with E-state index in [2.05, 4.69) is 11.9 Å². The van der Waals surface area contributed by atoms with E-state index in [0.717, 1.165) is 0 Å². The predicted molar refractivity (Wildman–Crippen MR) is 48.9 cm³/mol. The van der Waals surface area contributed by atoms with Gasteiger partial charge < -0.3 is 10.1 Å². The highest BCUT2D eigenvalue weighted by molar-refractivity contribution is 5.81. The van der Waals surface area contributed by atoms with Crippen LogP contribution in [0.1, 0.15) is 20.8 Å². The van der Waals surface area contributed by atoms with Crippen molar-refractivity contribution in [3.05, 3.63) is 12.7 Å². The van der Waals surface area contributed by atoms with Crippen LogP contribution in [0.15, 0.2) is 12.7 Å². The van der Waals surface area contributed by atoms with Gasteiger partial charge in [-0.25, -0.2) is 4.79 Å². The normalized spacial score (nSPS) is 13.7. The average molecular weight is 171 g/mol. The highest BCUT2D eigenvalue weighted by Gasteiger charge is 2.27. The summed E-state index contributed by atoms with van der Waals surface area (Å²) in [5.41, 5.74) is -0.500. The van der Waals surface area contributed by atoms with Gasteiger partial charge in [0.05, 0.1) is 0 Å². The number of carbonyl (C=O) groups is 1. The van der Waals surface area contributed by atoms with Gasteiger partial charge in [0.2, 0.25) is 0 Å². The molecule has 0 aliphatic rings. The Bertz CT molecular complexity index is 175. The summed E-state index contributed by atoms with van der Waals surface area (Å²) in [6.45, 7) is 9.00. The number of hydrogen-bond acceptors (Lipinski definition) is 3. The molecular formula is C9H17NO2. The Kier molecular flexibility index (Phi) is 3.96. The Morgan fingerprint density at radius 1 is 1.67 bits per heavy atom. The molecule has 1 unspecified atom stereocenters. The van der Waals surface area contributed by atoms with Crippen molar-refractivity contribution in [2.24, 2.45) is 0 Å². The number of likely N-dealkylation sites (N-methyl/N-ethyl adjacent to an activating group) is 1. The molecule has 0 aromatic rings. The lowest BCUT2D eigenvalue weighted by atomic mass is 10.0. The van der Waals surface area contributed by atoms with Gasteiger partial charge in [0.1, 0.15) is 5.60 Å². The molecule has 0 aliphatic heterocycles. The summed E-state index contributed by atoms with van der Waals surface area (Å²) < 4.78 is 5.12. The van der Waals surface area contributed by atoms with Crippen molar-refractivity contribution in [2.45, 2.75) is 32.4 Å². The lowest BCUT2D eigenvalue weighted by Crippen LogP contribution is -2.46. The third-order valence-corrected chi connectivity index (χ3v) is 2.01. The topological polar surface area (TPSA) is 38.3 Å². The molecule has 0 radical (unpaired) electrons. The SMILES string of the molecule is C=CC(=O)OC(C)(C)C(C)NC. The summed E-state index contributed by atoms with van der Waals surface area (Å²) in [5, 5.41) is 3.02. The quantitative estimate of drug-likeness (QED) is 0.508. The van der Waals surface area contributed by atoms with Crippen LogP contribution in [0.4, 0.5) is 0 Å². The van der Waals surface area contributed by atoms with Crippen LogP contribution in [0.5, 0.6) is 0 Å². The van der Waals surface area contributed by atoms with Crippen LogP contribution >= 0.6 is 0 Å². The van der Waals surface area contributed by atoms with Gasteiger partial charge in [0.25, 0.3) is 0 Å². The van der Waals surface area contributed by atoms with Gasteiger partial charge >= 0.3 is 5.97 Å². The van der Waals surface area contributed by atoms with Crippen molar-refractivity contribution in [3.63, 3.8) is 0 Å². The van der Waals surface area contributed by atoms with Crippen molar-refractivity contribution in [1.82, 2.24) is 5.32 Å². The van der Waals surface area contributed by atoms with Crippen molar-refractivity contribution in [3.8, 4) is 0 Å². The van der Waals surface area contributed by atoms with Crippen LogP contribution in [0.2, 0.25) is 0 Å². The largest absolute Gasteiger partial charge is 0.455 e. The van der Waals surface area contributed by atoms with E-state index in [-0.39, 0.29) is 12.0 Å². The van der Waals surface area contributed by atoms with E-state index in [9.17, 15) is 4.79 Å². The number of nitrogens with one attached hydrogen (secondary N) is 1. The highest BCUT2D eigenvalue weighted by Crippen LogP contribution is 2.14. The smallest absolute Gasteiger partial charge is 0.330 e. The predicted octanol–water partition coefficient (Wildman–Crippen LogP) is 1.10. The molecule has 0 amide bonds. The first-order valence-electron chi connectivity index (χ1n) is 3.96. The second kappa shape index (κ2) is 4.26. The van der Waals surface area contributed by atoms with E-state index in [4.69, 9.17) is 4.74 Å². The molecule has 0 rings (SSSR count). The van der Waals surface area contributed by atoms with Gasteiger partial charge in [0.15, 0.2) is 0 Å². The second-order valence-corrected chi connectivity index (χ2v) is 3.24. The number of esters is 1. The van der Waals surface area contributed by atoms with Crippen LogP contribution in [0, 0.1) is 0 Å². The summed E-state index contributed by atoms with van der Waals surface area (Å²) in [5.74, 6) is -0.387. The molecule has 3 heteroatoms. The molecule has 12 heavy (non-hydrogen) atoms. The molecule has 3 nitrogen and oxygen atoms in total. The van der Waals surface area contributed by atoms with Crippen molar-refractivity contribution in [1.29, 1.82) is 0 Å². The first-order valence-corrected chi connectivity index (χ1v) is 3.96. The lowest BCUT2D eigenvalue weighted by molar-refractivity contribution is -0.152. The Labute approximate surface area is 73.8 Å². The van der Waals surface area contributed by atoms with Crippen LogP contribution in [-0.4, -0.2) is 24.7 Å². The van der Waals surface area contributed by atoms with Crippen LogP contribution in [0.25, 0.3) is 0 Å². The number of ether oxygens (including phenoxy) is 1. The maximum Gasteiger partial charge on any atom is 0.330 e. The molecule has 1 N–H and O–H groups in total. The van der Waals surface area contributed by atoms with Gasteiger partial charge in [-0.05, 0) is 27.8 Å². The van der Waals surface area contributed by atoms with Gasteiger partial charge in [0, 0.05) is 12.1 Å². The second-order valence-electron chi connectivity index (χ2n) is 3.24. The lowest BCUT2D eigenvalue weighted by Gasteiger charge is -2.30. The van der Waals surface area contributed by atoms with E-state index in [0.29, 0.717) is 0 Å². The van der Waals surface area contributed by atoms with Gasteiger partial charge in [-0.1, -0.05) is 6.58 Å². The molecular weight excluding hydrogens is 154 g/mol. The fraction of sp³-hybridized carbons (Fsp3) is 0.667. The molecule has 0 heterocycles. The van der Waals surface area contributed by atoms with Crippen molar-refractivity contribution < 1.29 is 9.53 Å². The van der Waals surface area contributed by atoms with E-state index in [1.807, 2.05) is 27.8 Å². The maximum atomic E-state index is 10.9. The van der Waals surface area contributed by atoms with E-state index in [1.165, 1.54) is 6.08 Å². The number of hydrogen-bond donors (Lipinski definition) is 1. The third kappa shape index (κ3) is 3.05. The molecule has 1 atom stereocenters. The van der Waals surface area contributed by atoms with E-state index >= 15 is 0 Å². The van der Waals surface area contributed by atoms with Crippen LogP contribution < -0.4 is 5.32 Å². The minimum absolute atomic E-state index is 0.112. The van der Waals surface area contributed by atoms with E-state index < -0.39 is 5.60 Å². The minimum Gasteiger partial charge on any atom is -0.455 e. The summed E-state index contributed by atoms with van der Waals surface area (Å²) >= 11 is 0. The Morgan fingerprint density at radius 2 is 2.17 bits per heavy atom. The Balaban J connectivity index is 4.20. The van der Waals surface area contributed by atoms with Crippen molar-refractivity contribution in [2.75, 3.05) is 7.05 Å². The minimum atomic E-state index is -0.500. The van der Waals surface area contributed by atoms with Crippen molar-refractivity contribution >= 4 is 5.97 Å². The Morgan fingerprint density at radius 3 is 2.50 bits per heavy atom. The number of rotatable bonds is 4. The molecule has 0 fully saturated rings. The molecule has 70 valence electrons. The van der Waals surface area contributed by atoms with E-state index in [1.54, 1.807) is 0 Å². The standard InChI is InChI=1S/C9H17NO2/c1-6-8(11)12-9(3,4)7(2)10-5/h6-7,10H,1H2,2-5H3. The highest BCUT2D eigenvalue weighted by atomic mass is 16.6. The number of carbonyl (C=O) groups excluding carboxylic acids is 1. The van der Waals surface area contributed by atoms with Crippen LogP contribution in [0.3, 0.4) is 0 Å². The zero-order chi connectivity index (χ0) is 9.78. The first kappa shape index (κ1) is 11.2. The summed E-state index contributed by atoms with van der Waals surface area (Å²) in [7, 11) is 1.83. The van der Waals surface area contributed by atoms with Gasteiger partial charge in [-0.2, -0.15) is 0 Å². The maximum absolute atomic E-state index is 10.9. The molecule has 0 saturated heterocycles. The zero-order valence-electron chi connectivity index (χ0n) is 8.18. The average Bonchev–Trinajstić information content (AvgIpc) is 2.02. The molecule has 0 spiro atoms. The van der Waals surface area contributed by atoms with Gasteiger partial charge in [-0.15, -0.1) is 0 Å². The van der Waals surface area contributed by atoms with Gasteiger partial charge in [-0.3, -0.25) is 0 Å². The third-order valence-electron chi connectivity index (χ3n) is 2.01. The fourth-order valence-electron chi connectivity index (χ4n) is 0.737. The molecule has 0 saturated carbocycles. The first-order chi connectivity index (χ1) is 5.44. The zero-order valence-corrected chi connectivity index (χ0v) is 8.18. The monoisotopic (exact) mass is 171 g/mol. The fourth-order valence-corrected chi connectivity index (χ4v) is 0.737. The van der Waals surface area contributed by atoms with Crippen LogP contribution in [-0.2, 0) is 9.53 Å². The molecule has 0 aliphatic carbocycles. The summed E-state index contributed by atoms with van der Waals surface area (Å²) in [4.78, 5) is 10.9. The summed E-state index contributed by atoms with van der Waals surface area (Å²) in [6.07, 6.45) is 1.17. The Hall–Kier alpha value is -0.830. The molecule has 0 aromatic carbocycles. The summed E-state index contributed by atoms with van der Waals surface area (Å²) in [6, 6.07) is 0.112. The molecule has 0 aromatic heterocycles. The molecule has 0 bridgehead atoms.